The molecule has 0 bridgehead atoms. The fourth-order valence-corrected chi connectivity index (χ4v) is 3.12. The Labute approximate surface area is 157 Å². The van der Waals surface area contributed by atoms with Crippen LogP contribution in [0.3, 0.4) is 0 Å². The van der Waals surface area contributed by atoms with Gasteiger partial charge in [0.2, 0.25) is 0 Å². The molecule has 9 nitrogen and oxygen atoms in total. The van der Waals surface area contributed by atoms with Crippen molar-refractivity contribution in [2.75, 3.05) is 5.88 Å². The van der Waals surface area contributed by atoms with Gasteiger partial charge in [-0.1, -0.05) is 15.9 Å². The van der Waals surface area contributed by atoms with Gasteiger partial charge < -0.3 is 24.1 Å². The molecule has 0 amide bonds. The minimum Gasteiger partial charge on any atom is -0.456 e. The van der Waals surface area contributed by atoms with E-state index < -0.39 is 65.1 Å². The molecule has 1 fully saturated rings. The summed E-state index contributed by atoms with van der Waals surface area (Å²) in [7, 11) is 0. The van der Waals surface area contributed by atoms with Crippen molar-refractivity contribution in [2.45, 2.75) is 56.3 Å². The molecule has 0 aromatic heterocycles. The van der Waals surface area contributed by atoms with Crippen molar-refractivity contribution in [3.05, 3.63) is 0 Å². The number of aliphatic hydroxyl groups excluding tert-OH is 1. The number of carbonyl (C=O) groups is 4. The number of halogens is 2. The third-order valence-electron chi connectivity index (χ3n) is 3.20. The van der Waals surface area contributed by atoms with Crippen LogP contribution in [-0.2, 0) is 38.1 Å². The maximum absolute atomic E-state index is 11.7. The van der Waals surface area contributed by atoms with E-state index in [1.807, 2.05) is 0 Å². The SMILES string of the molecule is CC(=O)O[C@@H]1[C@@H](OC(C)=O)[C@@H](Br)O[C@H](C(O)C(=O)CCl)[C@H]1OC(C)=O. The summed E-state index contributed by atoms with van der Waals surface area (Å²) in [4.78, 5) is 45.9. The van der Waals surface area contributed by atoms with Crippen LogP contribution in [0, 0.1) is 0 Å². The molecule has 6 atom stereocenters. The third kappa shape index (κ3) is 5.91. The molecule has 1 heterocycles. The molecule has 0 aromatic rings. The first-order valence-electron chi connectivity index (χ1n) is 7.16. The van der Waals surface area contributed by atoms with E-state index in [9.17, 15) is 24.3 Å². The molecule has 1 N–H and O–H groups in total. The van der Waals surface area contributed by atoms with E-state index in [2.05, 4.69) is 15.9 Å². The molecule has 1 aliphatic heterocycles. The number of Topliss-reactive ketones (excluding diaryl/α,β-unsaturated/α-hetero) is 1. The number of hydrogen-bond acceptors (Lipinski definition) is 9. The van der Waals surface area contributed by atoms with Gasteiger partial charge in [-0.3, -0.25) is 19.2 Å². The predicted octanol–water partition coefficient (Wildman–Crippen LogP) is 0.0701. The highest BCUT2D eigenvalue weighted by molar-refractivity contribution is 9.09. The molecule has 1 unspecified atom stereocenters. The van der Waals surface area contributed by atoms with Gasteiger partial charge in [-0.2, -0.15) is 0 Å². The maximum atomic E-state index is 11.7. The van der Waals surface area contributed by atoms with Crippen LogP contribution in [0.2, 0.25) is 0 Å². The van der Waals surface area contributed by atoms with Crippen LogP contribution in [0.5, 0.6) is 0 Å². The number of esters is 3. The molecule has 0 saturated carbocycles. The molecule has 0 aromatic carbocycles. The number of carbonyl (C=O) groups excluding carboxylic acids is 4. The Morgan fingerprint density at radius 2 is 1.44 bits per heavy atom. The van der Waals surface area contributed by atoms with Crippen molar-refractivity contribution < 1.29 is 43.2 Å². The average molecular weight is 446 g/mol. The van der Waals surface area contributed by atoms with Crippen LogP contribution in [0.4, 0.5) is 0 Å². The molecule has 1 saturated heterocycles. The third-order valence-corrected chi connectivity index (χ3v) is 4.20. The van der Waals surface area contributed by atoms with Crippen molar-refractivity contribution >= 4 is 51.2 Å². The van der Waals surface area contributed by atoms with Crippen LogP contribution >= 0.6 is 27.5 Å². The normalized spacial score (nSPS) is 30.1. The van der Waals surface area contributed by atoms with Gasteiger partial charge in [0.15, 0.2) is 29.1 Å². The van der Waals surface area contributed by atoms with Crippen LogP contribution in [0.25, 0.3) is 0 Å². The van der Waals surface area contributed by atoms with Gasteiger partial charge in [0.1, 0.15) is 12.2 Å². The number of rotatable bonds is 6. The van der Waals surface area contributed by atoms with Gasteiger partial charge in [0.25, 0.3) is 0 Å². The molecule has 1 rings (SSSR count). The van der Waals surface area contributed by atoms with Crippen LogP contribution in [-0.4, -0.2) is 70.2 Å². The van der Waals surface area contributed by atoms with Crippen molar-refractivity contribution in [1.82, 2.24) is 0 Å². The highest BCUT2D eigenvalue weighted by atomic mass is 79.9. The van der Waals surface area contributed by atoms with Gasteiger partial charge >= 0.3 is 17.9 Å². The Hall–Kier alpha value is -1.23. The van der Waals surface area contributed by atoms with Crippen LogP contribution in [0.15, 0.2) is 0 Å². The van der Waals surface area contributed by atoms with Crippen molar-refractivity contribution in [1.29, 1.82) is 0 Å². The molecule has 0 radical (unpaired) electrons. The summed E-state index contributed by atoms with van der Waals surface area (Å²) in [5.74, 6) is -3.52. The number of aliphatic hydroxyl groups is 1. The van der Waals surface area contributed by atoms with Gasteiger partial charge in [-0.05, 0) is 0 Å². The zero-order chi connectivity index (χ0) is 19.3. The number of hydrogen-bond donors (Lipinski definition) is 1. The molecular formula is C14H18BrClO9. The van der Waals surface area contributed by atoms with E-state index in [1.165, 1.54) is 0 Å². The van der Waals surface area contributed by atoms with Gasteiger partial charge in [-0.15, -0.1) is 11.6 Å². The number of ether oxygens (including phenoxy) is 4. The largest absolute Gasteiger partial charge is 0.456 e. The van der Waals surface area contributed by atoms with E-state index in [4.69, 9.17) is 30.5 Å². The molecule has 142 valence electrons. The first-order chi connectivity index (χ1) is 11.6. The van der Waals surface area contributed by atoms with E-state index >= 15 is 0 Å². The Morgan fingerprint density at radius 1 is 1.00 bits per heavy atom. The highest BCUT2D eigenvalue weighted by Crippen LogP contribution is 2.33. The Bertz CT molecular complexity index is 540. The lowest BCUT2D eigenvalue weighted by atomic mass is 9.94. The summed E-state index contributed by atoms with van der Waals surface area (Å²) in [5, 5.41) is 9.10. The molecule has 11 heteroatoms. The lowest BCUT2D eigenvalue weighted by molar-refractivity contribution is -0.242. The Morgan fingerprint density at radius 3 is 1.88 bits per heavy atom. The van der Waals surface area contributed by atoms with Crippen molar-refractivity contribution in [2.24, 2.45) is 0 Å². The molecule has 0 aliphatic carbocycles. The van der Waals surface area contributed by atoms with Crippen LogP contribution in [0.1, 0.15) is 20.8 Å². The first-order valence-corrected chi connectivity index (χ1v) is 8.61. The van der Waals surface area contributed by atoms with Gasteiger partial charge in [0, 0.05) is 20.8 Å². The van der Waals surface area contributed by atoms with E-state index in [0.717, 1.165) is 20.8 Å². The quantitative estimate of drug-likeness (QED) is 0.343. The highest BCUT2D eigenvalue weighted by Gasteiger charge is 2.54. The fraction of sp³-hybridized carbons (Fsp3) is 0.714. The molecular weight excluding hydrogens is 428 g/mol. The predicted molar refractivity (Wildman–Crippen MR) is 86.0 cm³/mol. The lowest BCUT2D eigenvalue weighted by Gasteiger charge is -2.44. The molecule has 25 heavy (non-hydrogen) atoms. The minimum atomic E-state index is -1.75. The van der Waals surface area contributed by atoms with Crippen LogP contribution < -0.4 is 0 Å². The fourth-order valence-electron chi connectivity index (χ4n) is 2.31. The lowest BCUT2D eigenvalue weighted by Crippen LogP contribution is -2.63. The summed E-state index contributed by atoms with van der Waals surface area (Å²) in [6.07, 6.45) is -7.04. The summed E-state index contributed by atoms with van der Waals surface area (Å²) in [5.41, 5.74) is 0. The molecule has 1 aliphatic rings. The zero-order valence-corrected chi connectivity index (χ0v) is 16.0. The average Bonchev–Trinajstić information content (AvgIpc) is 2.50. The van der Waals surface area contributed by atoms with E-state index in [1.54, 1.807) is 0 Å². The summed E-state index contributed by atoms with van der Waals surface area (Å²) in [6.45, 7) is 3.31. The first kappa shape index (κ1) is 21.8. The summed E-state index contributed by atoms with van der Waals surface area (Å²) in [6, 6.07) is 0. The van der Waals surface area contributed by atoms with E-state index in [-0.39, 0.29) is 0 Å². The van der Waals surface area contributed by atoms with Crippen molar-refractivity contribution in [3.63, 3.8) is 0 Å². The van der Waals surface area contributed by atoms with Crippen molar-refractivity contribution in [3.8, 4) is 0 Å². The zero-order valence-electron chi connectivity index (χ0n) is 13.6. The summed E-state index contributed by atoms with van der Waals surface area (Å²) < 4.78 is 20.7. The Balaban J connectivity index is 3.26. The topological polar surface area (TPSA) is 125 Å². The second-order valence-corrected chi connectivity index (χ2v) is 6.39. The van der Waals surface area contributed by atoms with Gasteiger partial charge in [0.05, 0.1) is 5.88 Å². The Kier molecular flexibility index (Phi) is 8.26. The van der Waals surface area contributed by atoms with E-state index in [0.29, 0.717) is 0 Å². The second-order valence-electron chi connectivity index (χ2n) is 5.22. The maximum Gasteiger partial charge on any atom is 0.303 e. The summed E-state index contributed by atoms with van der Waals surface area (Å²) >= 11 is 8.54. The standard InChI is InChI=1S/C14H18BrClO9/c1-5(17)22-11-10(9(21)8(20)4-16)25-14(15)13(24-7(3)19)12(11)23-6(2)18/h9-14,21H,4H2,1-3H3/t9?,10-,11-,12+,13-,14+/m1/s1. The monoisotopic (exact) mass is 444 g/mol. The smallest absolute Gasteiger partial charge is 0.303 e. The number of ketones is 1. The number of alkyl halides is 2. The van der Waals surface area contributed by atoms with Gasteiger partial charge in [-0.25, -0.2) is 0 Å². The second kappa shape index (κ2) is 9.46. The molecule has 0 spiro atoms. The minimum absolute atomic E-state index is 0.508.